The summed E-state index contributed by atoms with van der Waals surface area (Å²) in [7, 11) is 1.43. The van der Waals surface area contributed by atoms with E-state index in [0.29, 0.717) is 19.3 Å². The van der Waals surface area contributed by atoms with Crippen LogP contribution in [0.4, 0.5) is 4.39 Å². The fourth-order valence-corrected chi connectivity index (χ4v) is 1.35. The molecular weight excluding hydrogens is 236 g/mol. The van der Waals surface area contributed by atoms with E-state index in [1.54, 1.807) is 0 Å². The van der Waals surface area contributed by atoms with Crippen molar-refractivity contribution in [3.05, 3.63) is 0 Å². The first kappa shape index (κ1) is 19.2. The molecule has 0 aliphatic rings. The second-order valence-electron chi connectivity index (χ2n) is 4.00. The molecule has 0 aromatic rings. The summed E-state index contributed by atoms with van der Waals surface area (Å²) >= 11 is 0. The Balaban J connectivity index is 0. The number of carboxylic acids is 1. The van der Waals surface area contributed by atoms with Gasteiger partial charge in [-0.1, -0.05) is 12.8 Å². The molecule has 0 saturated carbocycles. The Morgan fingerprint density at radius 2 is 1.88 bits per heavy atom. The smallest absolute Gasteiger partial charge is 0.548 e. The predicted octanol–water partition coefficient (Wildman–Crippen LogP) is -2.49. The fraction of sp³-hybridized carbons (Fsp3) is 0.818. The van der Waals surface area contributed by atoms with Crippen LogP contribution in [-0.2, 0) is 9.59 Å². The van der Waals surface area contributed by atoms with Gasteiger partial charge in [0.1, 0.15) is 0 Å². The maximum atomic E-state index is 12.4. The van der Waals surface area contributed by atoms with Gasteiger partial charge in [0, 0.05) is 13.5 Å². The van der Waals surface area contributed by atoms with E-state index in [1.165, 1.54) is 14.0 Å². The quantitative estimate of drug-likeness (QED) is 0.356. The third-order valence-corrected chi connectivity index (χ3v) is 2.28. The summed E-state index contributed by atoms with van der Waals surface area (Å²) in [6.07, 6.45) is 2.25. The largest absolute Gasteiger partial charge is 1.00 e. The third kappa shape index (κ3) is 12.1. The van der Waals surface area contributed by atoms with Gasteiger partial charge >= 0.3 is 29.6 Å². The van der Waals surface area contributed by atoms with Crippen molar-refractivity contribution < 1.29 is 48.6 Å². The fourth-order valence-electron chi connectivity index (χ4n) is 1.35. The normalized spacial score (nSPS) is 11.5. The predicted molar refractivity (Wildman–Crippen MR) is 56.3 cm³/mol. The molecule has 1 amide bonds. The van der Waals surface area contributed by atoms with Crippen LogP contribution < -0.4 is 34.7 Å². The summed E-state index contributed by atoms with van der Waals surface area (Å²) in [5.74, 6) is -1.47. The number of aliphatic carboxylic acids is 1. The number of amides is 1. The van der Waals surface area contributed by atoms with Gasteiger partial charge in [0.05, 0.1) is 18.7 Å². The first-order valence-electron chi connectivity index (χ1n) is 5.51. The minimum absolute atomic E-state index is 0. The number of likely N-dealkylation sites (N-methyl/N-ethyl adjacent to an activating group) is 1. The summed E-state index contributed by atoms with van der Waals surface area (Å²) in [5.41, 5.74) is 0. The molecule has 0 spiro atoms. The van der Waals surface area contributed by atoms with Gasteiger partial charge < -0.3 is 14.8 Å². The Hall–Kier alpha value is -0.130. The average molecular weight is 255 g/mol. The number of rotatable bonds is 8. The summed E-state index contributed by atoms with van der Waals surface area (Å²) in [5, 5.41) is 10.2. The molecule has 0 aliphatic carbocycles. The second kappa shape index (κ2) is 11.0. The van der Waals surface area contributed by atoms with Gasteiger partial charge in [-0.15, -0.1) is 0 Å². The zero-order valence-corrected chi connectivity index (χ0v) is 12.9. The van der Waals surface area contributed by atoms with E-state index in [9.17, 15) is 19.1 Å². The van der Waals surface area contributed by atoms with Crippen LogP contribution in [0.1, 0.15) is 39.0 Å². The summed E-state index contributed by atoms with van der Waals surface area (Å²) in [6.45, 7) is 1.14. The molecule has 0 heterocycles. The minimum atomic E-state index is -1.26. The van der Waals surface area contributed by atoms with Crippen LogP contribution in [0.3, 0.4) is 0 Å². The van der Waals surface area contributed by atoms with Gasteiger partial charge in [-0.25, -0.2) is 4.39 Å². The van der Waals surface area contributed by atoms with Gasteiger partial charge in [-0.2, -0.15) is 0 Å². The summed E-state index contributed by atoms with van der Waals surface area (Å²) in [4.78, 5) is 22.7. The van der Waals surface area contributed by atoms with E-state index in [2.05, 4.69) is 0 Å². The van der Waals surface area contributed by atoms with Crippen molar-refractivity contribution in [1.29, 1.82) is 0 Å². The van der Waals surface area contributed by atoms with Crippen molar-refractivity contribution in [2.75, 3.05) is 13.6 Å². The Morgan fingerprint density at radius 1 is 1.29 bits per heavy atom. The van der Waals surface area contributed by atoms with Crippen LogP contribution in [0.2, 0.25) is 0 Å². The molecule has 0 rings (SSSR count). The molecule has 0 aromatic heterocycles. The van der Waals surface area contributed by atoms with Crippen LogP contribution in [0.15, 0.2) is 0 Å². The molecule has 17 heavy (non-hydrogen) atoms. The molecule has 0 aliphatic heterocycles. The Morgan fingerprint density at radius 3 is 2.35 bits per heavy atom. The summed E-state index contributed by atoms with van der Waals surface area (Å²) in [6, 6.07) is 0. The van der Waals surface area contributed by atoms with E-state index >= 15 is 0 Å². The van der Waals surface area contributed by atoms with E-state index in [4.69, 9.17) is 0 Å². The molecule has 1 unspecified atom stereocenters. The summed E-state index contributed by atoms with van der Waals surface area (Å²) < 4.78 is 12.4. The number of alkyl halides is 1. The van der Waals surface area contributed by atoms with E-state index in [-0.39, 0.29) is 42.0 Å². The van der Waals surface area contributed by atoms with E-state index < -0.39 is 12.1 Å². The SMILES string of the molecule is CC(F)CCCCCC(=O)N(C)CC(=O)[O-].[Na+]. The Bertz CT molecular complexity index is 237. The Labute approximate surface area is 124 Å². The van der Waals surface area contributed by atoms with Gasteiger partial charge in [0.15, 0.2) is 0 Å². The van der Waals surface area contributed by atoms with Crippen molar-refractivity contribution in [3.8, 4) is 0 Å². The number of carboxylic acid groups (broad SMARTS) is 1. The number of unbranched alkanes of at least 4 members (excludes halogenated alkanes) is 2. The maximum absolute atomic E-state index is 12.4. The maximum Gasteiger partial charge on any atom is 1.00 e. The van der Waals surface area contributed by atoms with Crippen LogP contribution in [0, 0.1) is 0 Å². The number of hydrogen-bond donors (Lipinski definition) is 0. The number of halogens is 1. The molecule has 0 radical (unpaired) electrons. The number of hydrogen-bond acceptors (Lipinski definition) is 3. The van der Waals surface area contributed by atoms with Crippen molar-refractivity contribution in [2.24, 2.45) is 0 Å². The van der Waals surface area contributed by atoms with Crippen molar-refractivity contribution in [1.82, 2.24) is 4.90 Å². The molecule has 0 saturated heterocycles. The molecule has 4 nitrogen and oxygen atoms in total. The molecule has 0 N–H and O–H groups in total. The average Bonchev–Trinajstić information content (AvgIpc) is 2.15. The second-order valence-corrected chi connectivity index (χ2v) is 4.00. The molecule has 0 aromatic carbocycles. The minimum Gasteiger partial charge on any atom is -0.548 e. The zero-order valence-electron chi connectivity index (χ0n) is 10.9. The number of carbonyl (C=O) groups excluding carboxylic acids is 2. The van der Waals surface area contributed by atoms with E-state index in [0.717, 1.165) is 17.7 Å². The first-order valence-corrected chi connectivity index (χ1v) is 5.51. The van der Waals surface area contributed by atoms with E-state index in [1.807, 2.05) is 0 Å². The van der Waals surface area contributed by atoms with Crippen LogP contribution in [0.5, 0.6) is 0 Å². The molecule has 6 heteroatoms. The van der Waals surface area contributed by atoms with Crippen molar-refractivity contribution >= 4 is 11.9 Å². The van der Waals surface area contributed by atoms with Crippen molar-refractivity contribution in [2.45, 2.75) is 45.2 Å². The monoisotopic (exact) mass is 255 g/mol. The molecule has 1 atom stereocenters. The topological polar surface area (TPSA) is 60.4 Å². The molecule has 0 fully saturated rings. The number of carbonyl (C=O) groups is 2. The van der Waals surface area contributed by atoms with Crippen LogP contribution in [0.25, 0.3) is 0 Å². The van der Waals surface area contributed by atoms with Crippen LogP contribution in [-0.4, -0.2) is 36.5 Å². The van der Waals surface area contributed by atoms with Gasteiger partial charge in [-0.3, -0.25) is 4.79 Å². The van der Waals surface area contributed by atoms with Crippen LogP contribution >= 0.6 is 0 Å². The number of nitrogens with zero attached hydrogens (tertiary/aromatic N) is 1. The molecular formula is C11H19FNNaO3. The van der Waals surface area contributed by atoms with Gasteiger partial charge in [-0.05, 0) is 19.8 Å². The van der Waals surface area contributed by atoms with Gasteiger partial charge in [0.2, 0.25) is 5.91 Å². The molecule has 94 valence electrons. The Kier molecular flexibility index (Phi) is 12.4. The van der Waals surface area contributed by atoms with Gasteiger partial charge in [0.25, 0.3) is 0 Å². The molecule has 0 bridgehead atoms. The first-order chi connectivity index (χ1) is 7.43. The third-order valence-electron chi connectivity index (χ3n) is 2.28. The zero-order chi connectivity index (χ0) is 12.6. The standard InChI is InChI=1S/C11H20FNO3.Na/c1-9(12)6-4-3-5-7-10(14)13(2)8-11(15)16;/h9H,3-8H2,1-2H3,(H,15,16);/q;+1/p-1. The van der Waals surface area contributed by atoms with Crippen molar-refractivity contribution in [3.63, 3.8) is 0 Å².